The average molecular weight is 215 g/mol. The molecule has 1 heterocycles. The smallest absolute Gasteiger partial charge is 0.227 e. The quantitative estimate of drug-likeness (QED) is 0.806. The van der Waals surface area contributed by atoms with Gasteiger partial charge in [-0.15, -0.1) is 0 Å². The van der Waals surface area contributed by atoms with Crippen molar-refractivity contribution < 1.29 is 4.79 Å². The van der Waals surface area contributed by atoms with Crippen LogP contribution in [-0.4, -0.2) is 16.1 Å². The third kappa shape index (κ3) is 1.46. The van der Waals surface area contributed by atoms with Gasteiger partial charge in [-0.25, -0.2) is 0 Å². The number of carbonyl (C=O) groups is 1. The van der Waals surface area contributed by atoms with Crippen LogP contribution in [0.15, 0.2) is 24.4 Å². The van der Waals surface area contributed by atoms with E-state index in [2.05, 4.69) is 22.4 Å². The highest BCUT2D eigenvalue weighted by atomic mass is 16.2. The number of anilines is 1. The van der Waals surface area contributed by atoms with Crippen LogP contribution >= 0.6 is 0 Å². The summed E-state index contributed by atoms with van der Waals surface area (Å²) in [6.07, 6.45) is 2.76. The summed E-state index contributed by atoms with van der Waals surface area (Å²) in [5.74, 6) is 0.841. The van der Waals surface area contributed by atoms with Gasteiger partial charge in [-0.3, -0.25) is 9.89 Å². The van der Waals surface area contributed by atoms with Crippen LogP contribution in [0, 0.1) is 11.8 Å². The molecule has 2 aromatic rings. The Morgan fingerprint density at radius 3 is 3.12 bits per heavy atom. The molecule has 0 saturated heterocycles. The molecule has 1 aliphatic rings. The van der Waals surface area contributed by atoms with Gasteiger partial charge in [0.2, 0.25) is 5.91 Å². The Bertz CT molecular complexity index is 546. The summed E-state index contributed by atoms with van der Waals surface area (Å²) >= 11 is 0. The molecule has 1 saturated carbocycles. The summed E-state index contributed by atoms with van der Waals surface area (Å²) in [4.78, 5) is 11.8. The number of H-pyrrole nitrogens is 1. The second kappa shape index (κ2) is 3.33. The number of hydrogen-bond acceptors (Lipinski definition) is 2. The maximum Gasteiger partial charge on any atom is 0.227 e. The fraction of sp³-hybridized carbons (Fsp3) is 0.333. The lowest BCUT2D eigenvalue weighted by Crippen LogP contribution is -2.14. The van der Waals surface area contributed by atoms with E-state index >= 15 is 0 Å². The molecule has 0 radical (unpaired) electrons. The summed E-state index contributed by atoms with van der Waals surface area (Å²) < 4.78 is 0. The van der Waals surface area contributed by atoms with Crippen LogP contribution in [0.2, 0.25) is 0 Å². The van der Waals surface area contributed by atoms with Crippen LogP contribution in [0.5, 0.6) is 0 Å². The average Bonchev–Trinajstić information content (AvgIpc) is 2.81. The van der Waals surface area contributed by atoms with Crippen molar-refractivity contribution in [3.8, 4) is 0 Å². The molecular weight excluding hydrogens is 202 g/mol. The van der Waals surface area contributed by atoms with Crippen LogP contribution in [0.4, 0.5) is 5.69 Å². The van der Waals surface area contributed by atoms with E-state index in [1.54, 1.807) is 6.20 Å². The van der Waals surface area contributed by atoms with E-state index in [0.717, 1.165) is 23.0 Å². The lowest BCUT2D eigenvalue weighted by Gasteiger charge is -2.05. The molecular formula is C12H13N3O. The number of nitrogens with zero attached hydrogens (tertiary/aromatic N) is 1. The van der Waals surface area contributed by atoms with Gasteiger partial charge in [0.25, 0.3) is 0 Å². The normalized spacial score (nSPS) is 23.3. The van der Waals surface area contributed by atoms with Gasteiger partial charge in [-0.2, -0.15) is 5.10 Å². The first-order valence-electron chi connectivity index (χ1n) is 5.48. The van der Waals surface area contributed by atoms with Crippen LogP contribution in [0.1, 0.15) is 13.3 Å². The number of aromatic amines is 1. The minimum atomic E-state index is 0.120. The minimum Gasteiger partial charge on any atom is -0.324 e. The molecule has 82 valence electrons. The van der Waals surface area contributed by atoms with E-state index in [1.807, 2.05) is 18.2 Å². The maximum absolute atomic E-state index is 11.8. The first kappa shape index (κ1) is 9.39. The molecule has 0 unspecified atom stereocenters. The van der Waals surface area contributed by atoms with Gasteiger partial charge in [0, 0.05) is 11.3 Å². The zero-order chi connectivity index (χ0) is 11.1. The highest BCUT2D eigenvalue weighted by molar-refractivity contribution is 6.01. The van der Waals surface area contributed by atoms with E-state index in [-0.39, 0.29) is 11.8 Å². The Morgan fingerprint density at radius 1 is 1.56 bits per heavy atom. The monoisotopic (exact) mass is 215 g/mol. The van der Waals surface area contributed by atoms with E-state index in [9.17, 15) is 4.79 Å². The van der Waals surface area contributed by atoms with Gasteiger partial charge in [-0.05, 0) is 18.4 Å². The minimum absolute atomic E-state index is 0.120. The molecule has 1 aliphatic carbocycles. The molecule has 2 N–H and O–H groups in total. The topological polar surface area (TPSA) is 57.8 Å². The van der Waals surface area contributed by atoms with Crippen molar-refractivity contribution in [3.05, 3.63) is 24.4 Å². The molecule has 1 aromatic heterocycles. The molecule has 0 spiro atoms. The van der Waals surface area contributed by atoms with Gasteiger partial charge < -0.3 is 5.32 Å². The van der Waals surface area contributed by atoms with Gasteiger partial charge in [0.05, 0.1) is 17.4 Å². The summed E-state index contributed by atoms with van der Waals surface area (Å²) in [7, 11) is 0. The van der Waals surface area contributed by atoms with Gasteiger partial charge >= 0.3 is 0 Å². The SMILES string of the molecule is C[C@H]1C[C@@H]1C(=O)Nc1cccc2cn[nH]c12. The molecule has 2 atom stereocenters. The van der Waals surface area contributed by atoms with Crippen molar-refractivity contribution in [2.45, 2.75) is 13.3 Å². The zero-order valence-corrected chi connectivity index (χ0v) is 9.03. The molecule has 1 amide bonds. The van der Waals surface area contributed by atoms with E-state index in [0.29, 0.717) is 5.92 Å². The number of carbonyl (C=O) groups excluding carboxylic acids is 1. The zero-order valence-electron chi connectivity index (χ0n) is 9.03. The fourth-order valence-corrected chi connectivity index (χ4v) is 1.99. The Hall–Kier alpha value is -1.84. The highest BCUT2D eigenvalue weighted by Crippen LogP contribution is 2.38. The first-order chi connectivity index (χ1) is 7.75. The lowest BCUT2D eigenvalue weighted by atomic mass is 10.2. The number of para-hydroxylation sites is 1. The van der Waals surface area contributed by atoms with E-state index < -0.39 is 0 Å². The van der Waals surface area contributed by atoms with Crippen molar-refractivity contribution in [1.82, 2.24) is 10.2 Å². The Labute approximate surface area is 93.0 Å². The Kier molecular flexibility index (Phi) is 1.96. The Morgan fingerprint density at radius 2 is 2.38 bits per heavy atom. The van der Waals surface area contributed by atoms with Crippen molar-refractivity contribution >= 4 is 22.5 Å². The van der Waals surface area contributed by atoms with E-state index in [4.69, 9.17) is 0 Å². The third-order valence-corrected chi connectivity index (χ3v) is 3.18. The number of aromatic nitrogens is 2. The number of hydrogen-bond donors (Lipinski definition) is 2. The molecule has 16 heavy (non-hydrogen) atoms. The predicted octanol–water partition coefficient (Wildman–Crippen LogP) is 2.16. The summed E-state index contributed by atoms with van der Waals surface area (Å²) in [6.45, 7) is 2.10. The molecule has 1 fully saturated rings. The highest BCUT2D eigenvalue weighted by Gasteiger charge is 2.39. The molecule has 3 rings (SSSR count). The lowest BCUT2D eigenvalue weighted by molar-refractivity contribution is -0.117. The number of benzene rings is 1. The van der Waals surface area contributed by atoms with Crippen molar-refractivity contribution in [3.63, 3.8) is 0 Å². The largest absolute Gasteiger partial charge is 0.324 e. The number of amides is 1. The molecule has 1 aromatic carbocycles. The molecule has 4 nitrogen and oxygen atoms in total. The third-order valence-electron chi connectivity index (χ3n) is 3.18. The summed E-state index contributed by atoms with van der Waals surface area (Å²) in [5.41, 5.74) is 1.71. The standard InChI is InChI=1S/C12H13N3O/c1-7-5-9(7)12(16)14-10-4-2-3-8-6-13-15-11(8)10/h2-4,6-7,9H,5H2,1H3,(H,13,15)(H,14,16)/t7-,9-/m0/s1. The summed E-state index contributed by atoms with van der Waals surface area (Å²) in [5, 5.41) is 10.8. The second-order valence-electron chi connectivity index (χ2n) is 4.45. The van der Waals surface area contributed by atoms with Crippen LogP contribution in [0.3, 0.4) is 0 Å². The Balaban J connectivity index is 1.88. The maximum atomic E-state index is 11.8. The first-order valence-corrected chi connectivity index (χ1v) is 5.48. The van der Waals surface area contributed by atoms with Crippen LogP contribution in [0.25, 0.3) is 10.9 Å². The summed E-state index contributed by atoms with van der Waals surface area (Å²) in [6, 6.07) is 5.78. The van der Waals surface area contributed by atoms with Crippen molar-refractivity contribution in [1.29, 1.82) is 0 Å². The molecule has 0 aliphatic heterocycles. The molecule has 0 bridgehead atoms. The molecule has 4 heteroatoms. The van der Waals surface area contributed by atoms with Crippen molar-refractivity contribution in [2.24, 2.45) is 11.8 Å². The van der Waals surface area contributed by atoms with Crippen LogP contribution in [-0.2, 0) is 4.79 Å². The predicted molar refractivity (Wildman–Crippen MR) is 62.0 cm³/mol. The second-order valence-corrected chi connectivity index (χ2v) is 4.45. The number of fused-ring (bicyclic) bond motifs is 1. The van der Waals surface area contributed by atoms with Gasteiger partial charge in [0.1, 0.15) is 0 Å². The van der Waals surface area contributed by atoms with Gasteiger partial charge in [0.15, 0.2) is 0 Å². The van der Waals surface area contributed by atoms with Gasteiger partial charge in [-0.1, -0.05) is 19.1 Å². The number of nitrogens with one attached hydrogen (secondary N) is 2. The number of rotatable bonds is 2. The van der Waals surface area contributed by atoms with Crippen molar-refractivity contribution in [2.75, 3.05) is 5.32 Å². The van der Waals surface area contributed by atoms with E-state index in [1.165, 1.54) is 0 Å². The fourth-order valence-electron chi connectivity index (χ4n) is 1.99. The van der Waals surface area contributed by atoms with Crippen LogP contribution < -0.4 is 5.32 Å².